The first-order valence-electron chi connectivity index (χ1n) is 9.47. The number of benzene rings is 1. The van der Waals surface area contributed by atoms with Gasteiger partial charge in [0.05, 0.1) is 24.8 Å². The van der Waals surface area contributed by atoms with Gasteiger partial charge in [-0.15, -0.1) is 0 Å². The normalized spacial score (nSPS) is 16.3. The van der Waals surface area contributed by atoms with Crippen molar-refractivity contribution >= 4 is 29.2 Å². The zero-order valence-electron chi connectivity index (χ0n) is 16.5. The van der Waals surface area contributed by atoms with Gasteiger partial charge in [-0.3, -0.25) is 14.7 Å². The van der Waals surface area contributed by atoms with Gasteiger partial charge in [0.1, 0.15) is 11.4 Å². The Morgan fingerprint density at radius 2 is 1.93 bits per heavy atom. The number of halogens is 1. The molecule has 4 N–H and O–H groups in total. The molecule has 1 heterocycles. The Morgan fingerprint density at radius 3 is 2.59 bits per heavy atom. The van der Waals surface area contributed by atoms with Crippen LogP contribution in [-0.4, -0.2) is 68.5 Å². The van der Waals surface area contributed by atoms with E-state index in [9.17, 15) is 9.59 Å². The van der Waals surface area contributed by atoms with Crippen molar-refractivity contribution < 1.29 is 19.1 Å². The van der Waals surface area contributed by atoms with E-state index < -0.39 is 18.4 Å². The van der Waals surface area contributed by atoms with Crippen LogP contribution in [0.25, 0.3) is 0 Å². The molecule has 8 nitrogen and oxygen atoms in total. The van der Waals surface area contributed by atoms with Gasteiger partial charge in [0.2, 0.25) is 5.78 Å². The van der Waals surface area contributed by atoms with Crippen molar-refractivity contribution in [1.82, 2.24) is 4.90 Å². The lowest BCUT2D eigenvalue weighted by Gasteiger charge is -2.25. The molecule has 1 aromatic carbocycles. The highest BCUT2D eigenvalue weighted by Gasteiger charge is 2.21. The van der Waals surface area contributed by atoms with Crippen LogP contribution in [0.1, 0.15) is 23.7 Å². The molecule has 0 radical (unpaired) electrons. The molecule has 0 aromatic heterocycles. The smallest absolute Gasteiger partial charge is 0.344 e. The second-order valence-corrected chi connectivity index (χ2v) is 6.86. The van der Waals surface area contributed by atoms with Crippen molar-refractivity contribution in [3.05, 3.63) is 46.1 Å². The van der Waals surface area contributed by atoms with Gasteiger partial charge in [0, 0.05) is 30.9 Å². The summed E-state index contributed by atoms with van der Waals surface area (Å²) in [6.45, 7) is 5.49. The van der Waals surface area contributed by atoms with E-state index in [0.29, 0.717) is 37.7 Å². The SMILES string of the molecule is CC/C(N)=C(\C(=O)OCC(=O)c1ccccc1Cl)C(N)=NCCN1CCOCC1. The number of amidine groups is 1. The summed E-state index contributed by atoms with van der Waals surface area (Å²) >= 11 is 6.00. The summed E-state index contributed by atoms with van der Waals surface area (Å²) in [5, 5.41) is 0.293. The Balaban J connectivity index is 1.99. The van der Waals surface area contributed by atoms with Crippen LogP contribution in [0.2, 0.25) is 5.02 Å². The first kappa shape index (κ1) is 22.9. The number of allylic oxidation sites excluding steroid dienone is 1. The Labute approximate surface area is 175 Å². The third kappa shape index (κ3) is 6.85. The standard InChI is InChI=1S/C20H27ClN4O4/c1-2-16(22)18(19(23)24-7-8-25-9-11-28-12-10-25)20(27)29-13-17(26)14-5-3-4-6-15(14)21/h3-6H,2,7-13,22H2,1H3,(H2,23,24)/b18-16+. The summed E-state index contributed by atoms with van der Waals surface area (Å²) in [4.78, 5) is 31.3. The van der Waals surface area contributed by atoms with Gasteiger partial charge in [-0.05, 0) is 18.6 Å². The molecule has 0 saturated carbocycles. The molecule has 2 rings (SSSR count). The number of Topliss-reactive ketones (excluding diaryl/α,β-unsaturated/α-hetero) is 1. The van der Waals surface area contributed by atoms with Crippen LogP contribution in [0.5, 0.6) is 0 Å². The molecule has 0 amide bonds. The van der Waals surface area contributed by atoms with E-state index in [1.165, 1.54) is 0 Å². The molecule has 1 fully saturated rings. The molecule has 1 aromatic rings. The van der Waals surface area contributed by atoms with Gasteiger partial charge in [-0.1, -0.05) is 30.7 Å². The highest BCUT2D eigenvalue weighted by Crippen LogP contribution is 2.16. The highest BCUT2D eigenvalue weighted by molar-refractivity contribution is 6.34. The summed E-state index contributed by atoms with van der Waals surface area (Å²) in [6.07, 6.45) is 0.391. The number of carbonyl (C=O) groups excluding carboxylic acids is 2. The Morgan fingerprint density at radius 1 is 1.24 bits per heavy atom. The van der Waals surface area contributed by atoms with E-state index >= 15 is 0 Å². The monoisotopic (exact) mass is 422 g/mol. The first-order valence-corrected chi connectivity index (χ1v) is 9.85. The van der Waals surface area contributed by atoms with Crippen LogP contribution in [0, 0.1) is 0 Å². The number of aliphatic imine (C=N–C) groups is 1. The van der Waals surface area contributed by atoms with Crippen molar-refractivity contribution in [3.63, 3.8) is 0 Å². The number of ketones is 1. The maximum absolute atomic E-state index is 12.5. The van der Waals surface area contributed by atoms with Gasteiger partial charge in [0.15, 0.2) is 6.61 Å². The largest absolute Gasteiger partial charge is 0.454 e. The molecular weight excluding hydrogens is 396 g/mol. The Hall–Kier alpha value is -2.42. The number of rotatable bonds is 9. The van der Waals surface area contributed by atoms with Gasteiger partial charge in [-0.2, -0.15) is 0 Å². The average Bonchev–Trinajstić information content (AvgIpc) is 2.73. The van der Waals surface area contributed by atoms with Crippen LogP contribution < -0.4 is 11.5 Å². The molecule has 1 aliphatic rings. The van der Waals surface area contributed by atoms with Crippen LogP contribution in [-0.2, 0) is 14.3 Å². The van der Waals surface area contributed by atoms with Crippen molar-refractivity contribution in [2.24, 2.45) is 16.5 Å². The van der Waals surface area contributed by atoms with E-state index in [2.05, 4.69) is 9.89 Å². The van der Waals surface area contributed by atoms with Crippen molar-refractivity contribution in [2.45, 2.75) is 13.3 Å². The minimum Gasteiger partial charge on any atom is -0.454 e. The minimum absolute atomic E-state index is 0.00133. The number of nitrogens with two attached hydrogens (primary N) is 2. The zero-order chi connectivity index (χ0) is 21.2. The lowest BCUT2D eigenvalue weighted by molar-refractivity contribution is -0.137. The number of carbonyl (C=O) groups is 2. The summed E-state index contributed by atoms with van der Waals surface area (Å²) < 4.78 is 10.4. The summed E-state index contributed by atoms with van der Waals surface area (Å²) in [5.74, 6) is -1.19. The van der Waals surface area contributed by atoms with Crippen molar-refractivity contribution in [3.8, 4) is 0 Å². The fourth-order valence-corrected chi connectivity index (χ4v) is 3.00. The van der Waals surface area contributed by atoms with Gasteiger partial charge in [-0.25, -0.2) is 4.79 Å². The summed E-state index contributed by atoms with van der Waals surface area (Å²) in [7, 11) is 0. The molecule has 9 heteroatoms. The lowest BCUT2D eigenvalue weighted by atomic mass is 10.1. The van der Waals surface area contributed by atoms with Crippen LogP contribution in [0.15, 0.2) is 40.5 Å². The number of nitrogens with zero attached hydrogens (tertiary/aromatic N) is 2. The quantitative estimate of drug-likeness (QED) is 0.203. The second-order valence-electron chi connectivity index (χ2n) is 6.45. The second kappa shape index (κ2) is 11.5. The average molecular weight is 423 g/mol. The number of morpholine rings is 1. The van der Waals surface area contributed by atoms with Gasteiger partial charge in [0.25, 0.3) is 0 Å². The Bertz CT molecular complexity index is 788. The maximum atomic E-state index is 12.5. The van der Waals surface area contributed by atoms with E-state index in [1.807, 2.05) is 0 Å². The molecule has 0 aliphatic carbocycles. The highest BCUT2D eigenvalue weighted by atomic mass is 35.5. The third-order valence-electron chi connectivity index (χ3n) is 4.47. The molecule has 0 spiro atoms. The van der Waals surface area contributed by atoms with Crippen molar-refractivity contribution in [2.75, 3.05) is 46.0 Å². The molecule has 0 atom stereocenters. The maximum Gasteiger partial charge on any atom is 0.344 e. The minimum atomic E-state index is -0.780. The topological polar surface area (TPSA) is 120 Å². The zero-order valence-corrected chi connectivity index (χ0v) is 17.3. The van der Waals surface area contributed by atoms with Gasteiger partial charge < -0.3 is 20.9 Å². The molecule has 0 bridgehead atoms. The van der Waals surface area contributed by atoms with E-state index in [-0.39, 0.29) is 22.7 Å². The molecule has 1 saturated heterocycles. The summed E-state index contributed by atoms with van der Waals surface area (Å²) in [6, 6.07) is 6.55. The van der Waals surface area contributed by atoms with E-state index in [0.717, 1.165) is 13.1 Å². The molecule has 29 heavy (non-hydrogen) atoms. The fraction of sp³-hybridized carbons (Fsp3) is 0.450. The van der Waals surface area contributed by atoms with Crippen LogP contribution >= 0.6 is 11.6 Å². The van der Waals surface area contributed by atoms with E-state index in [1.54, 1.807) is 31.2 Å². The number of ether oxygens (including phenoxy) is 2. The number of esters is 1. The van der Waals surface area contributed by atoms with Crippen LogP contribution in [0.4, 0.5) is 0 Å². The number of hydrogen-bond donors (Lipinski definition) is 2. The van der Waals surface area contributed by atoms with Crippen molar-refractivity contribution in [1.29, 1.82) is 0 Å². The molecule has 0 unspecified atom stereocenters. The molecule has 158 valence electrons. The predicted octanol–water partition coefficient (Wildman–Crippen LogP) is 1.38. The Kier molecular flexibility index (Phi) is 9.11. The lowest BCUT2D eigenvalue weighted by Crippen LogP contribution is -2.38. The van der Waals surface area contributed by atoms with Gasteiger partial charge >= 0.3 is 5.97 Å². The van der Waals surface area contributed by atoms with E-state index in [4.69, 9.17) is 32.5 Å². The number of hydrogen-bond acceptors (Lipinski definition) is 7. The predicted molar refractivity (Wildman–Crippen MR) is 112 cm³/mol. The molecule has 1 aliphatic heterocycles. The summed E-state index contributed by atoms with van der Waals surface area (Å²) in [5.41, 5.74) is 12.5. The molecular formula is C20H27ClN4O4. The van der Waals surface area contributed by atoms with Crippen LogP contribution in [0.3, 0.4) is 0 Å². The third-order valence-corrected chi connectivity index (χ3v) is 4.80. The fourth-order valence-electron chi connectivity index (χ4n) is 2.76. The first-order chi connectivity index (χ1) is 13.9.